The van der Waals surface area contributed by atoms with E-state index < -0.39 is 12.0 Å². The topological polar surface area (TPSA) is 57.6 Å². The number of rotatable bonds is 4. The van der Waals surface area contributed by atoms with Crippen LogP contribution in [0.2, 0.25) is 0 Å². The Morgan fingerprint density at radius 2 is 2.00 bits per heavy atom. The molecule has 1 fully saturated rings. The molecule has 1 amide bonds. The van der Waals surface area contributed by atoms with Gasteiger partial charge in [0.25, 0.3) is 0 Å². The predicted octanol–water partition coefficient (Wildman–Crippen LogP) is 2.24. The van der Waals surface area contributed by atoms with Gasteiger partial charge in [0.1, 0.15) is 6.04 Å². The number of benzene rings is 1. The quantitative estimate of drug-likeness (QED) is 0.925. The maximum absolute atomic E-state index is 12.5. The summed E-state index contributed by atoms with van der Waals surface area (Å²) in [6, 6.07) is 8.74. The summed E-state index contributed by atoms with van der Waals surface area (Å²) >= 11 is 1.56. The van der Waals surface area contributed by atoms with E-state index in [1.54, 1.807) is 16.7 Å². The first-order valence-corrected chi connectivity index (χ1v) is 7.75. The molecule has 1 heterocycles. The van der Waals surface area contributed by atoms with Gasteiger partial charge in [0, 0.05) is 5.75 Å². The Morgan fingerprint density at radius 1 is 1.35 bits per heavy atom. The lowest BCUT2D eigenvalue weighted by Gasteiger charge is -2.29. The molecule has 1 N–H and O–H groups in total. The van der Waals surface area contributed by atoms with Crippen molar-refractivity contribution in [2.75, 3.05) is 5.75 Å². The van der Waals surface area contributed by atoms with Gasteiger partial charge in [-0.3, -0.25) is 4.79 Å². The van der Waals surface area contributed by atoms with E-state index in [1.165, 1.54) is 0 Å². The molecule has 0 aliphatic carbocycles. The number of nitrogens with zero attached hydrogens (tertiary/aromatic N) is 1. The molecule has 20 heavy (non-hydrogen) atoms. The van der Waals surface area contributed by atoms with Crippen LogP contribution < -0.4 is 0 Å². The van der Waals surface area contributed by atoms with E-state index in [9.17, 15) is 14.7 Å². The highest BCUT2D eigenvalue weighted by molar-refractivity contribution is 8.00. The van der Waals surface area contributed by atoms with Crippen molar-refractivity contribution in [3.63, 3.8) is 0 Å². The van der Waals surface area contributed by atoms with Crippen molar-refractivity contribution in [1.82, 2.24) is 4.90 Å². The lowest BCUT2D eigenvalue weighted by atomic mass is 10.1. The molecule has 4 nitrogen and oxygen atoms in total. The van der Waals surface area contributed by atoms with Gasteiger partial charge in [-0.2, -0.15) is 0 Å². The number of thioether (sulfide) groups is 1. The number of hydrogen-bond acceptors (Lipinski definition) is 3. The normalized spacial score (nSPS) is 22.2. The first kappa shape index (κ1) is 14.9. The number of carbonyl (C=O) groups is 2. The van der Waals surface area contributed by atoms with E-state index in [4.69, 9.17) is 0 Å². The molecular weight excluding hydrogens is 274 g/mol. The van der Waals surface area contributed by atoms with Gasteiger partial charge in [-0.05, 0) is 11.5 Å². The molecule has 0 radical (unpaired) electrons. The molecule has 1 aliphatic heterocycles. The van der Waals surface area contributed by atoms with E-state index in [2.05, 4.69) is 0 Å². The van der Waals surface area contributed by atoms with Crippen LogP contribution in [0.1, 0.15) is 19.4 Å². The molecule has 2 atom stereocenters. The monoisotopic (exact) mass is 293 g/mol. The lowest BCUT2D eigenvalue weighted by molar-refractivity contribution is -0.149. The van der Waals surface area contributed by atoms with Crippen molar-refractivity contribution >= 4 is 23.6 Å². The second-order valence-corrected chi connectivity index (χ2v) is 6.43. The molecule has 0 bridgehead atoms. The summed E-state index contributed by atoms with van der Waals surface area (Å²) in [5, 5.41) is 9.24. The first-order valence-electron chi connectivity index (χ1n) is 6.70. The Bertz CT molecular complexity index is 489. The second-order valence-electron chi connectivity index (χ2n) is 5.29. The minimum absolute atomic E-state index is 0.0488. The van der Waals surface area contributed by atoms with Crippen LogP contribution in [-0.4, -0.2) is 39.1 Å². The summed E-state index contributed by atoms with van der Waals surface area (Å²) in [6.07, 6.45) is 0.258. The minimum atomic E-state index is -0.915. The number of aliphatic carboxylic acids is 1. The van der Waals surface area contributed by atoms with Crippen molar-refractivity contribution in [2.24, 2.45) is 5.92 Å². The van der Waals surface area contributed by atoms with Gasteiger partial charge in [-0.15, -0.1) is 11.8 Å². The predicted molar refractivity (Wildman–Crippen MR) is 79.5 cm³/mol. The Morgan fingerprint density at radius 3 is 2.55 bits per heavy atom. The van der Waals surface area contributed by atoms with Gasteiger partial charge in [0.05, 0.1) is 11.8 Å². The average molecular weight is 293 g/mol. The van der Waals surface area contributed by atoms with Crippen molar-refractivity contribution < 1.29 is 14.7 Å². The zero-order valence-corrected chi connectivity index (χ0v) is 12.5. The van der Waals surface area contributed by atoms with Crippen LogP contribution in [0.4, 0.5) is 0 Å². The summed E-state index contributed by atoms with van der Waals surface area (Å²) in [7, 11) is 0. The fourth-order valence-electron chi connectivity index (χ4n) is 2.41. The van der Waals surface area contributed by atoms with E-state index in [1.807, 2.05) is 44.2 Å². The summed E-state index contributed by atoms with van der Waals surface area (Å²) in [6.45, 7) is 4.04. The highest BCUT2D eigenvalue weighted by Gasteiger charge is 2.42. The standard InChI is InChI=1S/C15H19NO3S/c1-10(2)14-16(12(9-20-14)15(18)19)13(17)8-11-6-4-3-5-7-11/h3-7,10,12,14H,8-9H2,1-2H3,(H,18,19). The Hall–Kier alpha value is -1.49. The number of carbonyl (C=O) groups excluding carboxylic acids is 1. The molecule has 2 unspecified atom stereocenters. The highest BCUT2D eigenvalue weighted by Crippen LogP contribution is 2.34. The largest absolute Gasteiger partial charge is 0.480 e. The van der Waals surface area contributed by atoms with Gasteiger partial charge >= 0.3 is 5.97 Å². The van der Waals surface area contributed by atoms with Gasteiger partial charge < -0.3 is 10.0 Å². The third-order valence-electron chi connectivity index (χ3n) is 3.38. The Kier molecular flexibility index (Phi) is 4.70. The average Bonchev–Trinajstić information content (AvgIpc) is 2.84. The Labute approximate surface area is 123 Å². The van der Waals surface area contributed by atoms with Crippen LogP contribution in [0, 0.1) is 5.92 Å². The summed E-state index contributed by atoms with van der Waals surface area (Å²) in [4.78, 5) is 25.4. The fraction of sp³-hybridized carbons (Fsp3) is 0.467. The number of carboxylic acids is 1. The summed E-state index contributed by atoms with van der Waals surface area (Å²) < 4.78 is 0. The lowest BCUT2D eigenvalue weighted by Crippen LogP contribution is -2.47. The number of hydrogen-bond donors (Lipinski definition) is 1. The Balaban J connectivity index is 2.17. The van der Waals surface area contributed by atoms with Crippen LogP contribution >= 0.6 is 11.8 Å². The third-order valence-corrected chi connectivity index (χ3v) is 5.00. The zero-order valence-electron chi connectivity index (χ0n) is 11.7. The second kappa shape index (κ2) is 6.31. The van der Waals surface area contributed by atoms with Crippen LogP contribution in [0.3, 0.4) is 0 Å². The number of amides is 1. The van der Waals surface area contributed by atoms with E-state index in [-0.39, 0.29) is 23.6 Å². The summed E-state index contributed by atoms with van der Waals surface area (Å²) in [5.41, 5.74) is 0.918. The van der Waals surface area contributed by atoms with Gasteiger partial charge in [0.15, 0.2) is 0 Å². The smallest absolute Gasteiger partial charge is 0.327 e. The highest BCUT2D eigenvalue weighted by atomic mass is 32.2. The first-order chi connectivity index (χ1) is 9.50. The van der Waals surface area contributed by atoms with E-state index >= 15 is 0 Å². The van der Waals surface area contributed by atoms with Gasteiger partial charge in [-0.1, -0.05) is 44.2 Å². The molecule has 1 aliphatic rings. The van der Waals surface area contributed by atoms with E-state index in [0.717, 1.165) is 5.56 Å². The van der Waals surface area contributed by atoms with Crippen molar-refractivity contribution in [3.05, 3.63) is 35.9 Å². The molecule has 108 valence electrons. The van der Waals surface area contributed by atoms with Gasteiger partial charge in [0.2, 0.25) is 5.91 Å². The minimum Gasteiger partial charge on any atom is -0.480 e. The number of carboxylic acid groups (broad SMARTS) is 1. The van der Waals surface area contributed by atoms with Crippen LogP contribution in [0.15, 0.2) is 30.3 Å². The maximum Gasteiger partial charge on any atom is 0.327 e. The molecule has 5 heteroatoms. The van der Waals surface area contributed by atoms with Crippen LogP contribution in [0.5, 0.6) is 0 Å². The van der Waals surface area contributed by atoms with Crippen molar-refractivity contribution in [3.8, 4) is 0 Å². The molecule has 0 aromatic heterocycles. The molecule has 2 rings (SSSR count). The molecule has 1 saturated heterocycles. The fourth-order valence-corrected chi connectivity index (χ4v) is 3.90. The zero-order chi connectivity index (χ0) is 14.7. The molecule has 1 aromatic carbocycles. The van der Waals surface area contributed by atoms with Crippen molar-refractivity contribution in [1.29, 1.82) is 0 Å². The SMILES string of the molecule is CC(C)C1SCC(C(=O)O)N1C(=O)Cc1ccccc1. The molecule has 1 aromatic rings. The molecular formula is C15H19NO3S. The maximum atomic E-state index is 12.5. The van der Waals surface area contributed by atoms with E-state index in [0.29, 0.717) is 5.75 Å². The third kappa shape index (κ3) is 3.15. The van der Waals surface area contributed by atoms with Crippen LogP contribution in [0.25, 0.3) is 0 Å². The molecule has 0 spiro atoms. The molecule has 0 saturated carbocycles. The van der Waals surface area contributed by atoms with Gasteiger partial charge in [-0.25, -0.2) is 4.79 Å². The summed E-state index contributed by atoms with van der Waals surface area (Å²) in [5.74, 6) is -0.308. The van der Waals surface area contributed by atoms with Crippen LogP contribution in [-0.2, 0) is 16.0 Å². The van der Waals surface area contributed by atoms with Crippen molar-refractivity contribution in [2.45, 2.75) is 31.7 Å².